The summed E-state index contributed by atoms with van der Waals surface area (Å²) < 4.78 is 6.00. The van der Waals surface area contributed by atoms with E-state index < -0.39 is 0 Å². The van der Waals surface area contributed by atoms with E-state index in [9.17, 15) is 4.79 Å². The summed E-state index contributed by atoms with van der Waals surface area (Å²) in [7, 11) is 0. The number of nitrogens with two attached hydrogens (primary N) is 2. The molecule has 4 aliphatic carbocycles. The third-order valence-corrected chi connectivity index (χ3v) is 12.8. The van der Waals surface area contributed by atoms with Gasteiger partial charge in [0.15, 0.2) is 0 Å². The second kappa shape index (κ2) is 16.0. The molecule has 0 saturated heterocycles. The van der Waals surface area contributed by atoms with Gasteiger partial charge in [0.1, 0.15) is 6.10 Å². The van der Waals surface area contributed by atoms with Crippen molar-refractivity contribution in [2.24, 2.45) is 51.8 Å². The Kier molecular flexibility index (Phi) is 13.3. The maximum absolute atomic E-state index is 12.9. The van der Waals surface area contributed by atoms with Gasteiger partial charge in [-0.25, -0.2) is 4.79 Å². The third kappa shape index (κ3) is 8.93. The number of benzene rings is 1. The van der Waals surface area contributed by atoms with Crippen LogP contribution in [0, 0.1) is 51.8 Å². The molecule has 0 heterocycles. The second-order valence-electron chi connectivity index (χ2n) is 17.4. The molecule has 4 heteroatoms. The second-order valence-corrected chi connectivity index (χ2v) is 17.4. The highest BCUT2D eigenvalue weighted by molar-refractivity contribution is 5.91. The minimum Gasteiger partial charge on any atom is -0.458 e. The summed E-state index contributed by atoms with van der Waals surface area (Å²) in [6.45, 7) is 25.4. The SMILES string of the molecule is CC.CC(C)CCCC(C)C1CCC2C3CC=C4CC(OC(=O)c5cc(N)cc(N)c5)CCC4(C)C3CCC12C.CCC(C)(C)C. The third-order valence-electron chi connectivity index (χ3n) is 12.8. The standard InChI is InChI=1S/C34H52N2O2.C6H14.C2H6/c1-21(2)7-6-8-22(3)29-11-12-30-28-10-9-24-19-27(38-32(37)23-17-25(35)20-26(36)18-23)13-15-33(24,4)31(28)14-16-34(29,30)5;1-5-6(2,3)4;1-2/h9,17-18,20-22,27-31H,6-8,10-16,19,35-36H2,1-5H3;5H2,1-4H3;1-2H3. The van der Waals surface area contributed by atoms with Gasteiger partial charge >= 0.3 is 5.97 Å². The highest BCUT2D eigenvalue weighted by Gasteiger charge is 2.59. The molecule has 4 aliphatic rings. The predicted octanol–water partition coefficient (Wildman–Crippen LogP) is 11.9. The summed E-state index contributed by atoms with van der Waals surface area (Å²) in [5.41, 5.74) is 16.1. The summed E-state index contributed by atoms with van der Waals surface area (Å²) in [6, 6.07) is 4.99. The fourth-order valence-electron chi connectivity index (χ4n) is 9.77. The van der Waals surface area contributed by atoms with E-state index in [1.807, 2.05) is 13.8 Å². The average Bonchev–Trinajstić information content (AvgIpc) is 3.35. The molecule has 1 aromatic rings. The number of ether oxygens (including phenoxy) is 1. The maximum atomic E-state index is 12.9. The van der Waals surface area contributed by atoms with Crippen molar-refractivity contribution in [1.29, 1.82) is 0 Å². The first-order valence-corrected chi connectivity index (χ1v) is 19.1. The van der Waals surface area contributed by atoms with Crippen molar-refractivity contribution in [2.75, 3.05) is 11.5 Å². The van der Waals surface area contributed by atoms with Crippen molar-refractivity contribution in [3.05, 3.63) is 35.4 Å². The molecule has 5 rings (SSSR count). The molecule has 8 atom stereocenters. The molecule has 0 aliphatic heterocycles. The number of nitrogen functional groups attached to an aromatic ring is 2. The van der Waals surface area contributed by atoms with E-state index in [-0.39, 0.29) is 17.5 Å². The normalized spacial score (nSPS) is 32.3. The molecular weight excluding hydrogens is 564 g/mol. The number of fused-ring (bicyclic) bond motifs is 5. The molecule has 8 unspecified atom stereocenters. The van der Waals surface area contributed by atoms with E-state index in [4.69, 9.17) is 16.2 Å². The predicted molar refractivity (Wildman–Crippen MR) is 199 cm³/mol. The lowest BCUT2D eigenvalue weighted by Gasteiger charge is -2.58. The number of hydrogen-bond acceptors (Lipinski definition) is 4. The Labute approximate surface area is 284 Å². The topological polar surface area (TPSA) is 78.3 Å². The van der Waals surface area contributed by atoms with Gasteiger partial charge < -0.3 is 16.2 Å². The summed E-state index contributed by atoms with van der Waals surface area (Å²) >= 11 is 0. The molecule has 1 aromatic carbocycles. The molecule has 4 nitrogen and oxygen atoms in total. The van der Waals surface area contributed by atoms with Crippen LogP contribution in [0.3, 0.4) is 0 Å². The van der Waals surface area contributed by atoms with Crippen molar-refractivity contribution >= 4 is 17.3 Å². The number of hydrogen-bond donors (Lipinski definition) is 2. The number of allylic oxidation sites excluding steroid dienone is 1. The van der Waals surface area contributed by atoms with E-state index >= 15 is 0 Å². The van der Waals surface area contributed by atoms with Gasteiger partial charge in [0, 0.05) is 17.8 Å². The zero-order chi connectivity index (χ0) is 34.4. The van der Waals surface area contributed by atoms with Crippen LogP contribution >= 0.6 is 0 Å². The first-order valence-electron chi connectivity index (χ1n) is 19.1. The lowest BCUT2D eigenvalue weighted by molar-refractivity contribution is -0.0594. The van der Waals surface area contributed by atoms with Crippen LogP contribution in [0.4, 0.5) is 11.4 Å². The molecule has 0 amide bonds. The van der Waals surface area contributed by atoms with Crippen molar-refractivity contribution in [3.8, 4) is 0 Å². The van der Waals surface area contributed by atoms with Crippen molar-refractivity contribution in [2.45, 2.75) is 159 Å². The molecule has 0 bridgehead atoms. The van der Waals surface area contributed by atoms with Gasteiger partial charge in [-0.05, 0) is 115 Å². The van der Waals surface area contributed by atoms with Crippen molar-refractivity contribution < 1.29 is 9.53 Å². The molecular formula is C42H72N2O2. The Morgan fingerprint density at radius 3 is 2.15 bits per heavy atom. The van der Waals surface area contributed by atoms with Gasteiger partial charge in [-0.15, -0.1) is 0 Å². The minimum absolute atomic E-state index is 0.0579. The number of carbonyl (C=O) groups excluding carboxylic acids is 1. The quantitative estimate of drug-likeness (QED) is 0.177. The van der Waals surface area contributed by atoms with E-state index in [0.29, 0.717) is 27.8 Å². The smallest absolute Gasteiger partial charge is 0.338 e. The van der Waals surface area contributed by atoms with Gasteiger partial charge in [0.05, 0.1) is 5.56 Å². The highest BCUT2D eigenvalue weighted by Crippen LogP contribution is 2.67. The van der Waals surface area contributed by atoms with Gasteiger partial charge in [0.25, 0.3) is 0 Å². The molecule has 3 fully saturated rings. The highest BCUT2D eigenvalue weighted by atomic mass is 16.5. The fraction of sp³-hybridized carbons (Fsp3) is 0.786. The molecule has 0 aromatic heterocycles. The van der Waals surface area contributed by atoms with Crippen LogP contribution in [-0.4, -0.2) is 12.1 Å². The van der Waals surface area contributed by atoms with Crippen LogP contribution in [0.2, 0.25) is 0 Å². The van der Waals surface area contributed by atoms with Crippen molar-refractivity contribution in [1.82, 2.24) is 0 Å². The Morgan fingerprint density at radius 1 is 0.935 bits per heavy atom. The Balaban J connectivity index is 0.000000648. The monoisotopic (exact) mass is 637 g/mol. The molecule has 46 heavy (non-hydrogen) atoms. The van der Waals surface area contributed by atoms with Gasteiger partial charge in [-0.1, -0.05) is 113 Å². The number of rotatable bonds is 7. The van der Waals surface area contributed by atoms with Gasteiger partial charge in [0.2, 0.25) is 0 Å². The Morgan fingerprint density at radius 2 is 1.57 bits per heavy atom. The zero-order valence-corrected chi connectivity index (χ0v) is 31.8. The minimum atomic E-state index is -0.306. The van der Waals surface area contributed by atoms with Crippen LogP contribution in [0.15, 0.2) is 29.8 Å². The van der Waals surface area contributed by atoms with Crippen LogP contribution in [0.25, 0.3) is 0 Å². The lowest BCUT2D eigenvalue weighted by Crippen LogP contribution is -2.51. The largest absolute Gasteiger partial charge is 0.458 e. The van der Waals surface area contributed by atoms with E-state index in [0.717, 1.165) is 54.8 Å². The van der Waals surface area contributed by atoms with Crippen LogP contribution < -0.4 is 11.5 Å². The van der Waals surface area contributed by atoms with Gasteiger partial charge in [-0.2, -0.15) is 0 Å². The van der Waals surface area contributed by atoms with Gasteiger partial charge in [-0.3, -0.25) is 0 Å². The number of carbonyl (C=O) groups is 1. The molecule has 4 N–H and O–H groups in total. The lowest BCUT2D eigenvalue weighted by atomic mass is 9.47. The van der Waals surface area contributed by atoms with Crippen LogP contribution in [-0.2, 0) is 4.74 Å². The molecule has 262 valence electrons. The zero-order valence-electron chi connectivity index (χ0n) is 31.8. The number of anilines is 2. The maximum Gasteiger partial charge on any atom is 0.338 e. The Hall–Kier alpha value is -1.97. The molecule has 3 saturated carbocycles. The van der Waals surface area contributed by atoms with Crippen molar-refractivity contribution in [3.63, 3.8) is 0 Å². The molecule has 0 spiro atoms. The van der Waals surface area contributed by atoms with E-state index in [1.165, 1.54) is 57.8 Å². The van der Waals surface area contributed by atoms with Crippen LogP contribution in [0.5, 0.6) is 0 Å². The number of esters is 1. The average molecular weight is 637 g/mol. The summed E-state index contributed by atoms with van der Waals surface area (Å²) in [5, 5.41) is 0. The fourth-order valence-corrected chi connectivity index (χ4v) is 9.77. The molecule has 0 radical (unpaired) electrons. The van der Waals surface area contributed by atoms with Crippen LogP contribution in [0.1, 0.15) is 164 Å². The summed E-state index contributed by atoms with van der Waals surface area (Å²) in [5.74, 6) is 4.74. The first kappa shape index (κ1) is 38.5. The Bertz CT molecular complexity index is 1140. The first-order chi connectivity index (χ1) is 21.6. The summed E-state index contributed by atoms with van der Waals surface area (Å²) in [6.07, 6.45) is 17.8. The van der Waals surface area contributed by atoms with E-state index in [2.05, 4.69) is 68.4 Å². The van der Waals surface area contributed by atoms with E-state index in [1.54, 1.807) is 23.8 Å². The summed E-state index contributed by atoms with van der Waals surface area (Å²) in [4.78, 5) is 12.9.